The first kappa shape index (κ1) is 14.3. The van der Waals surface area contributed by atoms with Gasteiger partial charge in [0, 0.05) is 10.6 Å². The molecule has 0 atom stereocenters. The molecule has 0 aromatic heterocycles. The minimum atomic E-state index is 0.594. The van der Waals surface area contributed by atoms with Crippen LogP contribution in [0.4, 0.5) is 0 Å². The number of hydrogen-bond acceptors (Lipinski definition) is 4. The molecule has 0 unspecified atom stereocenters. The van der Waals surface area contributed by atoms with E-state index < -0.39 is 0 Å². The fraction of sp³-hybridized carbons (Fsp3) is 0.188. The molecule has 0 radical (unpaired) electrons. The number of methoxy groups -OCH3 is 1. The summed E-state index contributed by atoms with van der Waals surface area (Å²) in [5.74, 6) is 2.43. The van der Waals surface area contributed by atoms with Crippen LogP contribution in [0.1, 0.15) is 5.56 Å². The number of nitrogens with zero attached hydrogens (tertiary/aromatic N) is 1. The Kier molecular flexibility index (Phi) is 5.33. The number of hydrogen-bond donors (Lipinski definition) is 0. The van der Waals surface area contributed by atoms with E-state index >= 15 is 0 Å². The van der Waals surface area contributed by atoms with Gasteiger partial charge in [0.2, 0.25) is 0 Å². The van der Waals surface area contributed by atoms with Crippen LogP contribution in [0.3, 0.4) is 0 Å². The normalized spacial score (nSPS) is 9.80. The van der Waals surface area contributed by atoms with Gasteiger partial charge in [0.15, 0.2) is 0 Å². The molecule has 20 heavy (non-hydrogen) atoms. The molecule has 0 saturated carbocycles. The average Bonchev–Trinajstić information content (AvgIpc) is 2.52. The zero-order valence-electron chi connectivity index (χ0n) is 11.2. The van der Waals surface area contributed by atoms with Crippen molar-refractivity contribution in [3.63, 3.8) is 0 Å². The van der Waals surface area contributed by atoms with Gasteiger partial charge in [0.25, 0.3) is 0 Å². The zero-order valence-corrected chi connectivity index (χ0v) is 12.0. The molecule has 0 fully saturated rings. The predicted molar refractivity (Wildman–Crippen MR) is 80.4 cm³/mol. The molecule has 0 saturated heterocycles. The highest BCUT2D eigenvalue weighted by Crippen LogP contribution is 2.22. The highest BCUT2D eigenvalue weighted by atomic mass is 32.2. The van der Waals surface area contributed by atoms with Crippen LogP contribution in [-0.2, 0) is 0 Å². The Bertz CT molecular complexity index is 607. The molecule has 0 aliphatic heterocycles. The quantitative estimate of drug-likeness (QED) is 0.599. The Balaban J connectivity index is 1.80. The van der Waals surface area contributed by atoms with Crippen molar-refractivity contribution < 1.29 is 9.47 Å². The molecule has 102 valence electrons. The van der Waals surface area contributed by atoms with Gasteiger partial charge in [0.05, 0.1) is 25.3 Å². The highest BCUT2D eigenvalue weighted by Gasteiger charge is 1.99. The Morgan fingerprint density at radius 2 is 1.90 bits per heavy atom. The lowest BCUT2D eigenvalue weighted by molar-refractivity contribution is 0.344. The summed E-state index contributed by atoms with van der Waals surface area (Å²) in [7, 11) is 1.66. The molecule has 4 heteroatoms. The number of thioether (sulfide) groups is 1. The van der Waals surface area contributed by atoms with Gasteiger partial charge in [-0.15, -0.1) is 11.8 Å². The number of nitriles is 1. The predicted octanol–water partition coefficient (Wildman–Crippen LogP) is 3.74. The highest BCUT2D eigenvalue weighted by molar-refractivity contribution is 7.99. The first-order chi connectivity index (χ1) is 9.81. The van der Waals surface area contributed by atoms with Gasteiger partial charge in [0.1, 0.15) is 11.5 Å². The second-order valence-corrected chi connectivity index (χ2v) is 5.18. The van der Waals surface area contributed by atoms with Crippen LogP contribution in [-0.4, -0.2) is 19.5 Å². The van der Waals surface area contributed by atoms with Crippen LogP contribution in [0.15, 0.2) is 53.4 Å². The fourth-order valence-corrected chi connectivity index (χ4v) is 2.44. The van der Waals surface area contributed by atoms with E-state index in [0.717, 1.165) is 22.1 Å². The van der Waals surface area contributed by atoms with Crippen LogP contribution in [0.2, 0.25) is 0 Å². The van der Waals surface area contributed by atoms with Gasteiger partial charge in [-0.1, -0.05) is 12.1 Å². The lowest BCUT2D eigenvalue weighted by atomic mass is 10.2. The molecule has 0 heterocycles. The molecule has 2 rings (SSSR count). The molecular formula is C16H15NO2S. The third-order valence-electron chi connectivity index (χ3n) is 2.63. The lowest BCUT2D eigenvalue weighted by Gasteiger charge is -2.07. The van der Waals surface area contributed by atoms with Crippen molar-refractivity contribution in [3.8, 4) is 17.6 Å². The Labute approximate surface area is 123 Å². The third-order valence-corrected chi connectivity index (χ3v) is 3.58. The maximum absolute atomic E-state index is 8.81. The van der Waals surface area contributed by atoms with Crippen LogP contribution in [0.25, 0.3) is 0 Å². The molecule has 2 aromatic carbocycles. The lowest BCUT2D eigenvalue weighted by Crippen LogP contribution is -2.00. The van der Waals surface area contributed by atoms with Gasteiger partial charge in [-0.25, -0.2) is 0 Å². The van der Waals surface area contributed by atoms with E-state index in [9.17, 15) is 0 Å². The van der Waals surface area contributed by atoms with Crippen molar-refractivity contribution in [2.24, 2.45) is 0 Å². The van der Waals surface area contributed by atoms with E-state index in [1.165, 1.54) is 0 Å². The molecule has 2 aromatic rings. The van der Waals surface area contributed by atoms with Crippen molar-refractivity contribution in [1.29, 1.82) is 5.26 Å². The monoisotopic (exact) mass is 285 g/mol. The van der Waals surface area contributed by atoms with Crippen molar-refractivity contribution in [3.05, 3.63) is 54.1 Å². The summed E-state index contributed by atoms with van der Waals surface area (Å²) >= 11 is 1.71. The molecule has 0 N–H and O–H groups in total. The topological polar surface area (TPSA) is 42.2 Å². The maximum atomic E-state index is 8.81. The van der Waals surface area contributed by atoms with E-state index in [-0.39, 0.29) is 0 Å². The van der Waals surface area contributed by atoms with Crippen molar-refractivity contribution in [2.75, 3.05) is 19.5 Å². The molecule has 0 amide bonds. The Morgan fingerprint density at radius 3 is 2.70 bits per heavy atom. The zero-order chi connectivity index (χ0) is 14.2. The van der Waals surface area contributed by atoms with Gasteiger partial charge < -0.3 is 9.47 Å². The fourth-order valence-electron chi connectivity index (χ4n) is 1.67. The molecule has 3 nitrogen and oxygen atoms in total. The number of ether oxygens (including phenoxy) is 2. The number of benzene rings is 2. The van der Waals surface area contributed by atoms with E-state index in [1.807, 2.05) is 36.4 Å². The second-order valence-electron chi connectivity index (χ2n) is 4.02. The molecule has 0 bridgehead atoms. The van der Waals surface area contributed by atoms with E-state index in [0.29, 0.717) is 12.2 Å². The summed E-state index contributed by atoms with van der Waals surface area (Å²) in [4.78, 5) is 1.15. The van der Waals surface area contributed by atoms with E-state index in [1.54, 1.807) is 31.0 Å². The second kappa shape index (κ2) is 7.46. The summed E-state index contributed by atoms with van der Waals surface area (Å²) in [6, 6.07) is 17.2. The summed E-state index contributed by atoms with van der Waals surface area (Å²) in [5.41, 5.74) is 0.614. The molecule has 0 aliphatic carbocycles. The molecule has 0 spiro atoms. The van der Waals surface area contributed by atoms with Gasteiger partial charge in [-0.05, 0) is 36.4 Å². The van der Waals surface area contributed by atoms with Gasteiger partial charge >= 0.3 is 0 Å². The van der Waals surface area contributed by atoms with E-state index in [4.69, 9.17) is 14.7 Å². The molecule has 0 aliphatic rings. The first-order valence-corrected chi connectivity index (χ1v) is 7.20. The first-order valence-electron chi connectivity index (χ1n) is 6.21. The standard InChI is InChI=1S/C16H15NO2S/c1-18-14-5-3-7-16(11-14)20-9-8-19-15-6-2-4-13(10-15)12-17/h2-7,10-11H,8-9H2,1H3. The molecular weight excluding hydrogens is 270 g/mol. The van der Waals surface area contributed by atoms with E-state index in [2.05, 4.69) is 6.07 Å². The number of rotatable bonds is 6. The van der Waals surface area contributed by atoms with Crippen molar-refractivity contribution >= 4 is 11.8 Å². The summed E-state index contributed by atoms with van der Waals surface area (Å²) in [6.45, 7) is 0.594. The van der Waals surface area contributed by atoms with Crippen LogP contribution < -0.4 is 9.47 Å². The Morgan fingerprint density at radius 1 is 1.10 bits per heavy atom. The van der Waals surface area contributed by atoms with Crippen LogP contribution >= 0.6 is 11.8 Å². The van der Waals surface area contributed by atoms with Crippen LogP contribution in [0, 0.1) is 11.3 Å². The summed E-state index contributed by atoms with van der Waals surface area (Å²) in [5, 5.41) is 8.81. The van der Waals surface area contributed by atoms with Crippen LogP contribution in [0.5, 0.6) is 11.5 Å². The third kappa shape index (κ3) is 4.22. The summed E-state index contributed by atoms with van der Waals surface area (Å²) in [6.07, 6.45) is 0. The average molecular weight is 285 g/mol. The Hall–Kier alpha value is -2.12. The largest absolute Gasteiger partial charge is 0.497 e. The summed E-state index contributed by atoms with van der Waals surface area (Å²) < 4.78 is 10.8. The minimum Gasteiger partial charge on any atom is -0.497 e. The van der Waals surface area contributed by atoms with Gasteiger partial charge in [-0.3, -0.25) is 0 Å². The minimum absolute atomic E-state index is 0.594. The SMILES string of the molecule is COc1cccc(SCCOc2cccc(C#N)c2)c1. The van der Waals surface area contributed by atoms with Crippen molar-refractivity contribution in [1.82, 2.24) is 0 Å². The maximum Gasteiger partial charge on any atom is 0.120 e. The van der Waals surface area contributed by atoms with Gasteiger partial charge in [-0.2, -0.15) is 5.26 Å². The van der Waals surface area contributed by atoms with Crippen molar-refractivity contribution in [2.45, 2.75) is 4.90 Å². The smallest absolute Gasteiger partial charge is 0.120 e.